The van der Waals surface area contributed by atoms with Crippen molar-refractivity contribution in [2.45, 2.75) is 6.92 Å². The van der Waals surface area contributed by atoms with Crippen LogP contribution in [0.4, 0.5) is 10.5 Å². The van der Waals surface area contributed by atoms with E-state index in [1.54, 1.807) is 0 Å². The Morgan fingerprint density at radius 2 is 1.86 bits per heavy atom. The van der Waals surface area contributed by atoms with Gasteiger partial charge in [-0.15, -0.1) is 0 Å². The van der Waals surface area contributed by atoms with E-state index < -0.39 is 0 Å². The average molecular weight is 329 g/mol. The molecule has 110 valence electrons. The predicted molar refractivity (Wildman–Crippen MR) is 93.8 cm³/mol. The van der Waals surface area contributed by atoms with Gasteiger partial charge in [-0.25, -0.2) is 4.99 Å². The Kier molecular flexibility index (Phi) is 4.32. The Bertz CT molecular complexity index is 782. The summed E-state index contributed by atoms with van der Waals surface area (Å²) in [5.41, 5.74) is 2.83. The van der Waals surface area contributed by atoms with Crippen LogP contribution in [0.5, 0.6) is 0 Å². The van der Waals surface area contributed by atoms with Crippen molar-refractivity contribution in [1.29, 1.82) is 0 Å². The summed E-state index contributed by atoms with van der Waals surface area (Å²) in [4.78, 5) is 17.0. The third-order valence-electron chi connectivity index (χ3n) is 3.12. The standard InChI is InChI=1S/C17H13ClN2OS/c1-11-6-8-13(9-7-11)19-16-15(22-17(21)20-16)10-12-4-2-3-5-14(12)18/h2-10H,1H3,(H,19,20,21). The number of nitrogens with zero attached hydrogens (tertiary/aromatic N) is 1. The highest BCUT2D eigenvalue weighted by atomic mass is 35.5. The zero-order valence-corrected chi connectivity index (χ0v) is 13.4. The number of benzene rings is 2. The molecule has 0 atom stereocenters. The zero-order valence-electron chi connectivity index (χ0n) is 11.8. The summed E-state index contributed by atoms with van der Waals surface area (Å²) in [6.45, 7) is 2.02. The number of thioether (sulfide) groups is 1. The highest BCUT2D eigenvalue weighted by Crippen LogP contribution is 2.30. The van der Waals surface area contributed by atoms with Gasteiger partial charge in [-0.2, -0.15) is 0 Å². The fourth-order valence-electron chi connectivity index (χ4n) is 1.99. The van der Waals surface area contributed by atoms with E-state index in [0.29, 0.717) is 10.9 Å². The maximum atomic E-state index is 11.7. The van der Waals surface area contributed by atoms with Crippen LogP contribution in [-0.4, -0.2) is 11.1 Å². The Hall–Kier alpha value is -2.04. The lowest BCUT2D eigenvalue weighted by atomic mass is 10.2. The molecule has 0 aliphatic carbocycles. The molecule has 1 saturated heterocycles. The second-order valence-electron chi connectivity index (χ2n) is 4.84. The number of aryl methyl sites for hydroxylation is 1. The molecule has 2 aromatic carbocycles. The number of nitrogens with one attached hydrogen (secondary N) is 1. The number of amidine groups is 1. The van der Waals surface area contributed by atoms with Crippen LogP contribution in [0.15, 0.2) is 58.4 Å². The summed E-state index contributed by atoms with van der Waals surface area (Å²) in [6, 6.07) is 15.3. The molecule has 1 N–H and O–H groups in total. The Labute approximate surface area is 138 Å². The van der Waals surface area contributed by atoms with E-state index in [0.717, 1.165) is 27.9 Å². The topological polar surface area (TPSA) is 41.5 Å². The molecular formula is C17H13ClN2OS. The molecule has 3 nitrogen and oxygen atoms in total. The molecule has 1 aliphatic heterocycles. The average Bonchev–Trinajstić information content (AvgIpc) is 2.83. The van der Waals surface area contributed by atoms with Crippen molar-refractivity contribution < 1.29 is 4.79 Å². The van der Waals surface area contributed by atoms with Crippen molar-refractivity contribution in [1.82, 2.24) is 5.32 Å². The minimum absolute atomic E-state index is 0.135. The molecule has 0 unspecified atom stereocenters. The fraction of sp³-hybridized carbons (Fsp3) is 0.0588. The van der Waals surface area contributed by atoms with Gasteiger partial charge in [0.25, 0.3) is 5.24 Å². The zero-order chi connectivity index (χ0) is 15.5. The van der Waals surface area contributed by atoms with Crippen molar-refractivity contribution in [3.63, 3.8) is 0 Å². The highest BCUT2D eigenvalue weighted by Gasteiger charge is 2.23. The van der Waals surface area contributed by atoms with E-state index in [1.165, 1.54) is 5.56 Å². The van der Waals surface area contributed by atoms with Gasteiger partial charge in [-0.05, 0) is 48.5 Å². The normalized spacial score (nSPS) is 18.0. The molecule has 22 heavy (non-hydrogen) atoms. The van der Waals surface area contributed by atoms with Crippen LogP contribution in [0.3, 0.4) is 0 Å². The maximum Gasteiger partial charge on any atom is 0.289 e. The molecule has 1 aliphatic rings. The van der Waals surface area contributed by atoms with Crippen LogP contribution in [0.25, 0.3) is 6.08 Å². The summed E-state index contributed by atoms with van der Waals surface area (Å²) in [6.07, 6.45) is 1.87. The monoisotopic (exact) mass is 328 g/mol. The number of rotatable bonds is 2. The molecule has 0 aromatic heterocycles. The van der Waals surface area contributed by atoms with E-state index in [-0.39, 0.29) is 5.24 Å². The Balaban J connectivity index is 1.97. The van der Waals surface area contributed by atoms with Gasteiger partial charge in [0, 0.05) is 5.02 Å². The summed E-state index contributed by atoms with van der Waals surface area (Å²) in [5, 5.41) is 3.28. The van der Waals surface area contributed by atoms with Gasteiger partial charge >= 0.3 is 0 Å². The van der Waals surface area contributed by atoms with E-state index in [2.05, 4.69) is 10.3 Å². The van der Waals surface area contributed by atoms with Crippen LogP contribution in [0, 0.1) is 6.92 Å². The number of hydrogen-bond acceptors (Lipinski definition) is 3. The SMILES string of the molecule is Cc1ccc(N=C2NC(=O)SC2=Cc2ccccc2Cl)cc1. The predicted octanol–water partition coefficient (Wildman–Crippen LogP) is 5.18. The summed E-state index contributed by atoms with van der Waals surface area (Å²) < 4.78 is 0. The Morgan fingerprint density at radius 1 is 1.14 bits per heavy atom. The number of halogens is 1. The minimum atomic E-state index is -0.135. The molecule has 5 heteroatoms. The number of carbonyl (C=O) groups is 1. The maximum absolute atomic E-state index is 11.7. The summed E-state index contributed by atoms with van der Waals surface area (Å²) in [7, 11) is 0. The second kappa shape index (κ2) is 6.38. The summed E-state index contributed by atoms with van der Waals surface area (Å²) in [5.74, 6) is 0.554. The first-order chi connectivity index (χ1) is 10.6. The van der Waals surface area contributed by atoms with Crippen molar-refractivity contribution in [2.75, 3.05) is 0 Å². The quantitative estimate of drug-likeness (QED) is 0.825. The minimum Gasteiger partial charge on any atom is -0.300 e. The third kappa shape index (κ3) is 3.40. The first kappa shape index (κ1) is 14.9. The van der Waals surface area contributed by atoms with Gasteiger partial charge in [0.2, 0.25) is 0 Å². The second-order valence-corrected chi connectivity index (χ2v) is 6.26. The number of carbonyl (C=O) groups excluding carboxylic acids is 1. The Morgan fingerprint density at radius 3 is 2.59 bits per heavy atom. The molecule has 0 spiro atoms. The van der Waals surface area contributed by atoms with Gasteiger partial charge in [0.05, 0.1) is 10.6 Å². The lowest BCUT2D eigenvalue weighted by Crippen LogP contribution is -2.18. The number of hydrogen-bond donors (Lipinski definition) is 1. The molecule has 0 bridgehead atoms. The van der Waals surface area contributed by atoms with Crippen LogP contribution < -0.4 is 5.32 Å². The molecule has 0 radical (unpaired) electrons. The van der Waals surface area contributed by atoms with E-state index in [4.69, 9.17) is 11.6 Å². The molecule has 0 saturated carbocycles. The number of amides is 1. The first-order valence-electron chi connectivity index (χ1n) is 6.72. The van der Waals surface area contributed by atoms with Crippen LogP contribution in [0.2, 0.25) is 5.02 Å². The van der Waals surface area contributed by atoms with Crippen molar-refractivity contribution in [3.05, 3.63) is 69.6 Å². The van der Waals surface area contributed by atoms with Gasteiger partial charge in [-0.1, -0.05) is 47.5 Å². The summed E-state index contributed by atoms with van der Waals surface area (Å²) >= 11 is 7.29. The van der Waals surface area contributed by atoms with Gasteiger partial charge in [0.15, 0.2) is 0 Å². The van der Waals surface area contributed by atoms with Gasteiger partial charge < -0.3 is 5.32 Å². The lowest BCUT2D eigenvalue weighted by molar-refractivity contribution is 0.265. The molecule has 1 fully saturated rings. The van der Waals surface area contributed by atoms with Crippen molar-refractivity contribution in [2.24, 2.45) is 4.99 Å². The third-order valence-corrected chi connectivity index (χ3v) is 4.29. The van der Waals surface area contributed by atoms with Crippen LogP contribution in [0.1, 0.15) is 11.1 Å². The van der Waals surface area contributed by atoms with Crippen LogP contribution >= 0.6 is 23.4 Å². The highest BCUT2D eigenvalue weighted by molar-refractivity contribution is 8.18. The number of aliphatic imine (C=N–C) groups is 1. The van der Waals surface area contributed by atoms with Crippen molar-refractivity contribution >= 4 is 46.2 Å². The molecule has 2 aromatic rings. The fourth-order valence-corrected chi connectivity index (χ4v) is 2.91. The molecule has 3 rings (SSSR count). The molecule has 1 amide bonds. The van der Waals surface area contributed by atoms with Gasteiger partial charge in [0.1, 0.15) is 5.84 Å². The van der Waals surface area contributed by atoms with E-state index >= 15 is 0 Å². The van der Waals surface area contributed by atoms with E-state index in [1.807, 2.05) is 61.5 Å². The molecular weight excluding hydrogens is 316 g/mol. The largest absolute Gasteiger partial charge is 0.300 e. The lowest BCUT2D eigenvalue weighted by Gasteiger charge is -2.02. The van der Waals surface area contributed by atoms with Crippen molar-refractivity contribution in [3.8, 4) is 0 Å². The first-order valence-corrected chi connectivity index (χ1v) is 7.92. The van der Waals surface area contributed by atoms with Gasteiger partial charge in [-0.3, -0.25) is 4.79 Å². The van der Waals surface area contributed by atoms with E-state index in [9.17, 15) is 4.79 Å². The smallest absolute Gasteiger partial charge is 0.289 e. The van der Waals surface area contributed by atoms with Crippen LogP contribution in [-0.2, 0) is 0 Å². The molecule has 1 heterocycles.